The maximum absolute atomic E-state index is 6.41. The van der Waals surface area contributed by atoms with Crippen LogP contribution in [0.5, 0.6) is 0 Å². The number of hydrogen-bond donors (Lipinski definition) is 1. The number of aromatic nitrogens is 5. The molecule has 0 atom stereocenters. The summed E-state index contributed by atoms with van der Waals surface area (Å²) >= 11 is 0. The zero-order valence-electron chi connectivity index (χ0n) is 20.4. The smallest absolute Gasteiger partial charge is 0.152 e. The zero-order valence-corrected chi connectivity index (χ0v) is 20.4. The maximum atomic E-state index is 6.41. The summed E-state index contributed by atoms with van der Waals surface area (Å²) in [5, 5.41) is 9.27. The van der Waals surface area contributed by atoms with Gasteiger partial charge in [0.2, 0.25) is 0 Å². The Kier molecular flexibility index (Phi) is 5.87. The molecule has 4 aromatic rings. The quantitative estimate of drug-likeness (QED) is 0.468. The fourth-order valence-corrected chi connectivity index (χ4v) is 5.20. The highest BCUT2D eigenvalue weighted by Crippen LogP contribution is 2.37. The van der Waals surface area contributed by atoms with Crippen molar-refractivity contribution >= 4 is 11.3 Å². The number of ether oxygens (including phenoxy) is 1. The van der Waals surface area contributed by atoms with E-state index < -0.39 is 0 Å². The largest absolute Gasteiger partial charge is 0.382 e. The van der Waals surface area contributed by atoms with Crippen LogP contribution < -0.4 is 5.73 Å². The molecule has 3 aromatic heterocycles. The van der Waals surface area contributed by atoms with E-state index in [4.69, 9.17) is 10.5 Å². The Balaban J connectivity index is 1.65. The molecule has 2 N–H and O–H groups in total. The molecular weight excluding hydrogens is 426 g/mol. The molecule has 0 saturated carbocycles. The first-order valence-electron chi connectivity index (χ1n) is 11.8. The van der Waals surface area contributed by atoms with Crippen LogP contribution in [0.4, 0.5) is 5.82 Å². The van der Waals surface area contributed by atoms with Gasteiger partial charge in [-0.15, -0.1) is 0 Å². The summed E-state index contributed by atoms with van der Waals surface area (Å²) in [6.45, 7) is 7.02. The molecule has 34 heavy (non-hydrogen) atoms. The number of nitrogen functional groups attached to an aromatic ring is 1. The van der Waals surface area contributed by atoms with Gasteiger partial charge in [-0.2, -0.15) is 10.2 Å². The molecule has 1 aliphatic heterocycles. The third kappa shape index (κ3) is 4.08. The van der Waals surface area contributed by atoms with Gasteiger partial charge >= 0.3 is 0 Å². The van der Waals surface area contributed by atoms with Crippen LogP contribution in [-0.4, -0.2) is 63.1 Å². The third-order valence-electron chi connectivity index (χ3n) is 6.72. The molecule has 4 heterocycles. The minimum atomic E-state index is 0.00505. The van der Waals surface area contributed by atoms with Crippen molar-refractivity contribution in [2.45, 2.75) is 38.1 Å². The minimum absolute atomic E-state index is 0.00505. The number of fused-ring (bicyclic) bond motifs is 1. The van der Waals surface area contributed by atoms with Crippen LogP contribution in [0.1, 0.15) is 38.3 Å². The molecule has 8 nitrogen and oxygen atoms in total. The van der Waals surface area contributed by atoms with E-state index >= 15 is 0 Å². The number of likely N-dealkylation sites (N-methyl/N-ethyl adjacent to an activating group) is 1. The summed E-state index contributed by atoms with van der Waals surface area (Å²) in [5.41, 5.74) is 12.6. The Morgan fingerprint density at radius 2 is 1.88 bits per heavy atom. The van der Waals surface area contributed by atoms with Crippen molar-refractivity contribution in [3.8, 4) is 22.5 Å². The summed E-state index contributed by atoms with van der Waals surface area (Å²) in [6, 6.07) is 13.3. The van der Waals surface area contributed by atoms with E-state index in [-0.39, 0.29) is 5.41 Å². The van der Waals surface area contributed by atoms with Gasteiger partial charge in [0.1, 0.15) is 11.8 Å². The molecule has 0 bridgehead atoms. The molecule has 1 aliphatic rings. The third-order valence-corrected chi connectivity index (χ3v) is 6.72. The van der Waals surface area contributed by atoms with Gasteiger partial charge in [-0.25, -0.2) is 9.50 Å². The van der Waals surface area contributed by atoms with E-state index in [1.54, 1.807) is 0 Å². The van der Waals surface area contributed by atoms with Gasteiger partial charge in [0.15, 0.2) is 5.82 Å². The van der Waals surface area contributed by atoms with Crippen LogP contribution in [0.2, 0.25) is 0 Å². The molecule has 0 radical (unpaired) electrons. The highest BCUT2D eigenvalue weighted by Gasteiger charge is 2.25. The molecule has 1 fully saturated rings. The number of nitrogens with zero attached hydrogens (tertiary/aromatic N) is 6. The van der Waals surface area contributed by atoms with Gasteiger partial charge in [-0.1, -0.05) is 32.0 Å². The van der Waals surface area contributed by atoms with Crippen molar-refractivity contribution in [1.29, 1.82) is 0 Å². The van der Waals surface area contributed by atoms with Crippen molar-refractivity contribution in [1.82, 2.24) is 29.3 Å². The van der Waals surface area contributed by atoms with E-state index in [1.165, 1.54) is 11.9 Å². The van der Waals surface area contributed by atoms with E-state index in [0.717, 1.165) is 60.6 Å². The van der Waals surface area contributed by atoms with Crippen molar-refractivity contribution in [2.75, 3.05) is 39.6 Å². The Morgan fingerprint density at radius 3 is 2.65 bits per heavy atom. The van der Waals surface area contributed by atoms with Gasteiger partial charge in [0.05, 0.1) is 17.4 Å². The predicted molar refractivity (Wildman–Crippen MR) is 135 cm³/mol. The molecule has 0 unspecified atom stereocenters. The topological polar surface area (TPSA) is 86.5 Å². The lowest BCUT2D eigenvalue weighted by Crippen LogP contribution is -2.32. The first kappa shape index (κ1) is 22.6. The van der Waals surface area contributed by atoms with Gasteiger partial charge in [0.25, 0.3) is 0 Å². The summed E-state index contributed by atoms with van der Waals surface area (Å²) < 4.78 is 9.60. The normalized spacial score (nSPS) is 15.4. The van der Waals surface area contributed by atoms with Crippen LogP contribution in [0, 0.1) is 0 Å². The fourth-order valence-electron chi connectivity index (χ4n) is 5.20. The molecular formula is C26H33N7O. The molecule has 178 valence electrons. The molecule has 1 saturated heterocycles. The fraction of sp³-hybridized carbons (Fsp3) is 0.423. The molecule has 8 heteroatoms. The monoisotopic (exact) mass is 459 g/mol. The van der Waals surface area contributed by atoms with Crippen molar-refractivity contribution < 1.29 is 4.74 Å². The van der Waals surface area contributed by atoms with Gasteiger partial charge < -0.3 is 15.4 Å². The van der Waals surface area contributed by atoms with Crippen molar-refractivity contribution in [3.05, 3.63) is 54.5 Å². The number of benzene rings is 1. The van der Waals surface area contributed by atoms with Gasteiger partial charge in [-0.05, 0) is 50.7 Å². The lowest BCUT2D eigenvalue weighted by Gasteiger charge is -2.29. The van der Waals surface area contributed by atoms with E-state index in [1.807, 2.05) is 10.7 Å². The van der Waals surface area contributed by atoms with E-state index in [9.17, 15) is 0 Å². The van der Waals surface area contributed by atoms with Gasteiger partial charge in [0, 0.05) is 42.5 Å². The lowest BCUT2D eigenvalue weighted by molar-refractivity contribution is 0.0667. The molecule has 0 amide bonds. The molecule has 0 spiro atoms. The average Bonchev–Trinajstić information content (AvgIpc) is 3.44. The Hall–Kier alpha value is -3.23. The van der Waals surface area contributed by atoms with Crippen LogP contribution in [0.15, 0.2) is 48.9 Å². The zero-order chi connectivity index (χ0) is 23.9. The summed E-state index contributed by atoms with van der Waals surface area (Å²) in [5.74, 6) is 0.458. The molecule has 1 aromatic carbocycles. The highest BCUT2D eigenvalue weighted by atomic mass is 16.5. The molecule has 5 rings (SSSR count). The second-order valence-electron chi connectivity index (χ2n) is 10.1. The number of rotatable bonds is 6. The Morgan fingerprint density at radius 1 is 1.09 bits per heavy atom. The second-order valence-corrected chi connectivity index (χ2v) is 10.1. The standard InChI is InChI=1S/C26H33N7O/c1-26(2,16-31(3)4)19-7-5-6-18(14-19)23-15-21(24-25(27)28-17-30-33(23)24)22-8-11-29-32(22)20-9-12-34-13-10-20/h5-8,11,14-15,17,20H,9-10,12-13,16H2,1-4H3,(H2,27,28,30). The van der Waals surface area contributed by atoms with Crippen molar-refractivity contribution in [2.24, 2.45) is 0 Å². The summed E-state index contributed by atoms with van der Waals surface area (Å²) in [4.78, 5) is 6.53. The first-order chi connectivity index (χ1) is 16.3. The predicted octanol–water partition coefficient (Wildman–Crippen LogP) is 4.03. The van der Waals surface area contributed by atoms with Crippen LogP contribution in [0.3, 0.4) is 0 Å². The SMILES string of the molecule is CN(C)CC(C)(C)c1cccc(-c2cc(-c3ccnn3C3CCOCC3)c3c(N)ncnn23)c1. The summed E-state index contributed by atoms with van der Waals surface area (Å²) in [6.07, 6.45) is 5.27. The number of nitrogens with two attached hydrogens (primary N) is 1. The number of anilines is 1. The van der Waals surface area contributed by atoms with Crippen molar-refractivity contribution in [3.63, 3.8) is 0 Å². The highest BCUT2D eigenvalue weighted by molar-refractivity contribution is 5.91. The first-order valence-corrected chi connectivity index (χ1v) is 11.8. The van der Waals surface area contributed by atoms with E-state index in [0.29, 0.717) is 11.9 Å². The average molecular weight is 460 g/mol. The summed E-state index contributed by atoms with van der Waals surface area (Å²) in [7, 11) is 4.22. The minimum Gasteiger partial charge on any atom is -0.382 e. The maximum Gasteiger partial charge on any atom is 0.152 e. The second kappa shape index (κ2) is 8.85. The van der Waals surface area contributed by atoms with E-state index in [2.05, 4.69) is 89.1 Å². The molecule has 0 aliphatic carbocycles. The van der Waals surface area contributed by atoms with Crippen LogP contribution >= 0.6 is 0 Å². The number of hydrogen-bond acceptors (Lipinski definition) is 6. The van der Waals surface area contributed by atoms with Gasteiger partial charge in [-0.3, -0.25) is 4.68 Å². The Bertz CT molecular complexity index is 1300. The Labute approximate surface area is 200 Å². The van der Waals surface area contributed by atoms with Crippen LogP contribution in [0.25, 0.3) is 28.0 Å². The lowest BCUT2D eigenvalue weighted by atomic mass is 9.83. The van der Waals surface area contributed by atoms with Crippen LogP contribution in [-0.2, 0) is 10.2 Å².